The van der Waals surface area contributed by atoms with Crippen LogP contribution < -0.4 is 5.73 Å². The van der Waals surface area contributed by atoms with E-state index in [9.17, 15) is 0 Å². The molecule has 1 saturated heterocycles. The molecule has 3 nitrogen and oxygen atoms in total. The number of hydrogen-bond donors (Lipinski definition) is 1. The largest absolute Gasteiger partial charge is 0.330 e. The zero-order chi connectivity index (χ0) is 16.5. The first-order valence-corrected chi connectivity index (χ1v) is 9.99. The molecule has 4 heteroatoms. The second-order valence-corrected chi connectivity index (χ2v) is 8.70. The summed E-state index contributed by atoms with van der Waals surface area (Å²) >= 11 is 1.95. The number of likely N-dealkylation sites (tertiary alicyclic amines) is 1. The molecule has 24 heavy (non-hydrogen) atoms. The Balaban J connectivity index is 1.46. The van der Waals surface area contributed by atoms with Crippen molar-refractivity contribution in [1.29, 1.82) is 0 Å². The van der Waals surface area contributed by atoms with Crippen molar-refractivity contribution in [2.75, 3.05) is 19.6 Å². The van der Waals surface area contributed by atoms with Crippen LogP contribution in [0.5, 0.6) is 0 Å². The summed E-state index contributed by atoms with van der Waals surface area (Å²) in [4.78, 5) is 9.04. The third kappa shape index (κ3) is 3.28. The Morgan fingerprint density at radius 1 is 1.25 bits per heavy atom. The third-order valence-corrected chi connectivity index (χ3v) is 6.74. The molecule has 0 saturated carbocycles. The van der Waals surface area contributed by atoms with E-state index < -0.39 is 0 Å². The fraction of sp³-hybridized carbons (Fsp3) is 0.550. The van der Waals surface area contributed by atoms with Gasteiger partial charge in [-0.05, 0) is 43.2 Å². The van der Waals surface area contributed by atoms with Crippen LogP contribution in [0, 0.1) is 11.8 Å². The minimum Gasteiger partial charge on any atom is -0.330 e. The lowest BCUT2D eigenvalue weighted by Crippen LogP contribution is -2.23. The highest BCUT2D eigenvalue weighted by molar-refractivity contribution is 7.11. The van der Waals surface area contributed by atoms with Gasteiger partial charge in [-0.2, -0.15) is 0 Å². The number of thiazole rings is 1. The number of hydrogen-bond acceptors (Lipinski definition) is 4. The third-order valence-electron chi connectivity index (χ3n) is 5.64. The predicted octanol–water partition coefficient (Wildman–Crippen LogP) is 3.44. The van der Waals surface area contributed by atoms with Crippen molar-refractivity contribution >= 4 is 11.3 Å². The van der Waals surface area contributed by atoms with Gasteiger partial charge in [-0.25, -0.2) is 4.98 Å². The molecule has 2 aliphatic rings. The van der Waals surface area contributed by atoms with E-state index in [1.54, 1.807) is 0 Å². The predicted molar refractivity (Wildman–Crippen MR) is 100 cm³/mol. The molecule has 2 aromatic rings. The van der Waals surface area contributed by atoms with Gasteiger partial charge in [0.25, 0.3) is 0 Å². The lowest BCUT2D eigenvalue weighted by molar-refractivity contribution is 0.316. The van der Waals surface area contributed by atoms with E-state index in [1.165, 1.54) is 40.4 Å². The van der Waals surface area contributed by atoms with E-state index in [4.69, 9.17) is 10.7 Å². The molecule has 0 bridgehead atoms. The molecule has 1 fully saturated rings. The van der Waals surface area contributed by atoms with E-state index in [0.29, 0.717) is 11.8 Å². The molecule has 1 aromatic carbocycles. The Morgan fingerprint density at radius 3 is 2.88 bits per heavy atom. The minimum atomic E-state index is 0.557. The van der Waals surface area contributed by atoms with Crippen LogP contribution in [0.25, 0.3) is 0 Å². The number of nitrogens with zero attached hydrogens (tertiary/aromatic N) is 2. The Morgan fingerprint density at radius 2 is 2.08 bits per heavy atom. The van der Waals surface area contributed by atoms with Crippen molar-refractivity contribution in [3.05, 3.63) is 51.5 Å². The average molecular weight is 342 g/mol. The van der Waals surface area contributed by atoms with Gasteiger partial charge >= 0.3 is 0 Å². The van der Waals surface area contributed by atoms with Crippen molar-refractivity contribution in [3.8, 4) is 0 Å². The zero-order valence-electron chi connectivity index (χ0n) is 14.4. The zero-order valence-corrected chi connectivity index (χ0v) is 15.3. The van der Waals surface area contributed by atoms with Crippen molar-refractivity contribution < 1.29 is 0 Å². The quantitative estimate of drug-likeness (QED) is 0.926. The minimum absolute atomic E-state index is 0.557. The molecule has 1 aliphatic carbocycles. The van der Waals surface area contributed by atoms with E-state index in [2.05, 4.69) is 42.2 Å². The molecule has 4 rings (SSSR count). The molecular formula is C20H27N3S. The van der Waals surface area contributed by atoms with Gasteiger partial charge in [-0.15, -0.1) is 11.3 Å². The van der Waals surface area contributed by atoms with Crippen molar-refractivity contribution in [3.63, 3.8) is 0 Å². The number of fused-ring (bicyclic) bond motifs is 1. The first-order valence-electron chi connectivity index (χ1n) is 9.17. The van der Waals surface area contributed by atoms with E-state index in [1.807, 2.05) is 11.3 Å². The summed E-state index contributed by atoms with van der Waals surface area (Å²) in [5.74, 6) is 1.94. The standard InChI is InChI=1S/C20H27N3S/c1-14-7-8-18-19(9-14)24-20(22-18)13-23-11-16(10-21)17(12-23)15-5-3-2-4-6-15/h2-6,14,16-17H,7-13,21H2,1H3/t14?,16-,17+/m1/s1. The monoisotopic (exact) mass is 341 g/mol. The van der Waals surface area contributed by atoms with E-state index in [0.717, 1.165) is 32.1 Å². The van der Waals surface area contributed by atoms with E-state index in [-0.39, 0.29) is 0 Å². The van der Waals surface area contributed by atoms with Crippen LogP contribution in [0.4, 0.5) is 0 Å². The summed E-state index contributed by atoms with van der Waals surface area (Å²) in [7, 11) is 0. The Bertz CT molecular complexity index is 681. The van der Waals surface area contributed by atoms with Crippen LogP contribution in [0.15, 0.2) is 30.3 Å². The maximum Gasteiger partial charge on any atom is 0.107 e. The summed E-state index contributed by atoms with van der Waals surface area (Å²) in [6, 6.07) is 10.9. The summed E-state index contributed by atoms with van der Waals surface area (Å²) < 4.78 is 0. The lowest BCUT2D eigenvalue weighted by atomic mass is 9.89. The molecule has 1 aromatic heterocycles. The normalized spacial score (nSPS) is 27.3. The Labute approximate surface area is 148 Å². The molecule has 2 heterocycles. The summed E-state index contributed by atoms with van der Waals surface area (Å²) in [6.07, 6.45) is 3.70. The summed E-state index contributed by atoms with van der Waals surface area (Å²) in [5.41, 5.74) is 8.88. The van der Waals surface area contributed by atoms with E-state index >= 15 is 0 Å². The lowest BCUT2D eigenvalue weighted by Gasteiger charge is -2.16. The molecule has 128 valence electrons. The van der Waals surface area contributed by atoms with Crippen LogP contribution in [0.2, 0.25) is 0 Å². The molecular weight excluding hydrogens is 314 g/mol. The second-order valence-electron chi connectivity index (χ2n) is 7.53. The molecule has 3 atom stereocenters. The SMILES string of the molecule is CC1CCc2nc(CN3C[C@@H](CN)[C@H](c4ccccc4)C3)sc2C1. The van der Waals surface area contributed by atoms with Crippen molar-refractivity contribution in [2.24, 2.45) is 17.6 Å². The van der Waals surface area contributed by atoms with Crippen LogP contribution in [-0.4, -0.2) is 29.5 Å². The molecule has 1 aliphatic heterocycles. The number of aromatic nitrogens is 1. The Hall–Kier alpha value is -1.23. The van der Waals surface area contributed by atoms with Crippen LogP contribution >= 0.6 is 11.3 Å². The average Bonchev–Trinajstić information content (AvgIpc) is 3.18. The van der Waals surface area contributed by atoms with Gasteiger partial charge < -0.3 is 5.73 Å². The topological polar surface area (TPSA) is 42.2 Å². The number of rotatable bonds is 4. The highest BCUT2D eigenvalue weighted by Gasteiger charge is 2.33. The highest BCUT2D eigenvalue weighted by atomic mass is 32.1. The molecule has 1 unspecified atom stereocenters. The highest BCUT2D eigenvalue weighted by Crippen LogP contribution is 2.35. The fourth-order valence-corrected chi connectivity index (χ4v) is 5.58. The maximum absolute atomic E-state index is 6.07. The smallest absolute Gasteiger partial charge is 0.107 e. The van der Waals surface area contributed by atoms with Gasteiger partial charge in [-0.3, -0.25) is 4.90 Å². The first kappa shape index (κ1) is 16.2. The summed E-state index contributed by atoms with van der Waals surface area (Å²) in [6.45, 7) is 6.32. The number of aryl methyl sites for hydroxylation is 1. The second kappa shape index (κ2) is 6.95. The Kier molecular flexibility index (Phi) is 4.70. The molecule has 0 radical (unpaired) electrons. The van der Waals surface area contributed by atoms with Crippen molar-refractivity contribution in [2.45, 2.75) is 38.6 Å². The number of benzene rings is 1. The number of nitrogens with two attached hydrogens (primary N) is 1. The van der Waals surface area contributed by atoms with Gasteiger partial charge in [0, 0.05) is 23.9 Å². The van der Waals surface area contributed by atoms with Crippen LogP contribution in [-0.2, 0) is 19.4 Å². The van der Waals surface area contributed by atoms with Gasteiger partial charge in [-0.1, -0.05) is 37.3 Å². The van der Waals surface area contributed by atoms with Crippen LogP contribution in [0.1, 0.15) is 40.4 Å². The first-order chi connectivity index (χ1) is 11.7. The van der Waals surface area contributed by atoms with Crippen LogP contribution in [0.3, 0.4) is 0 Å². The van der Waals surface area contributed by atoms with Gasteiger partial charge in [0.15, 0.2) is 0 Å². The van der Waals surface area contributed by atoms with Gasteiger partial charge in [0.2, 0.25) is 0 Å². The molecule has 0 spiro atoms. The molecule has 2 N–H and O–H groups in total. The fourth-order valence-electron chi connectivity index (χ4n) is 4.26. The molecule has 0 amide bonds. The summed E-state index contributed by atoms with van der Waals surface area (Å²) in [5, 5.41) is 1.30. The van der Waals surface area contributed by atoms with Gasteiger partial charge in [0.1, 0.15) is 5.01 Å². The maximum atomic E-state index is 6.07. The van der Waals surface area contributed by atoms with Gasteiger partial charge in [0.05, 0.1) is 12.2 Å². The van der Waals surface area contributed by atoms with Crippen molar-refractivity contribution in [1.82, 2.24) is 9.88 Å².